The Bertz CT molecular complexity index is 284. The third kappa shape index (κ3) is 1.98. The van der Waals surface area contributed by atoms with Gasteiger partial charge in [0.1, 0.15) is 12.0 Å². The third-order valence-corrected chi connectivity index (χ3v) is 1.85. The minimum absolute atomic E-state index is 0.396. The van der Waals surface area contributed by atoms with Gasteiger partial charge in [-0.15, -0.1) is 0 Å². The van der Waals surface area contributed by atoms with Crippen molar-refractivity contribution >= 4 is 17.9 Å². The molecular formula is C9H9ClO2. The van der Waals surface area contributed by atoms with Crippen LogP contribution in [0, 0.1) is 0 Å². The zero-order chi connectivity index (χ0) is 8.97. The number of halogens is 1. The standard InChI is InChI=1S/C9H9ClO2/c1-12-9-6-7(4-5-11)2-3-8(9)10/h2-3,5-6H,4H2,1H3. The Kier molecular flexibility index (Phi) is 3.11. The molecule has 12 heavy (non-hydrogen) atoms. The molecule has 0 radical (unpaired) electrons. The Hall–Kier alpha value is -1.02. The summed E-state index contributed by atoms with van der Waals surface area (Å²) in [7, 11) is 1.55. The molecule has 1 aromatic carbocycles. The predicted molar refractivity (Wildman–Crippen MR) is 47.8 cm³/mol. The highest BCUT2D eigenvalue weighted by molar-refractivity contribution is 6.32. The molecule has 3 heteroatoms. The fraction of sp³-hybridized carbons (Fsp3) is 0.222. The Labute approximate surface area is 76.1 Å². The van der Waals surface area contributed by atoms with Crippen LogP contribution in [0.2, 0.25) is 5.02 Å². The summed E-state index contributed by atoms with van der Waals surface area (Å²) in [4.78, 5) is 10.2. The molecule has 0 heterocycles. The first-order valence-corrected chi connectivity index (χ1v) is 3.91. The lowest BCUT2D eigenvalue weighted by molar-refractivity contribution is -0.107. The molecule has 0 amide bonds. The topological polar surface area (TPSA) is 26.3 Å². The lowest BCUT2D eigenvalue weighted by atomic mass is 10.1. The summed E-state index contributed by atoms with van der Waals surface area (Å²) in [5, 5.41) is 0.562. The number of hydrogen-bond acceptors (Lipinski definition) is 2. The smallest absolute Gasteiger partial charge is 0.137 e. The first-order valence-electron chi connectivity index (χ1n) is 3.54. The highest BCUT2D eigenvalue weighted by Gasteiger charge is 2.00. The van der Waals surface area contributed by atoms with Crippen LogP contribution in [-0.4, -0.2) is 13.4 Å². The summed E-state index contributed by atoms with van der Waals surface area (Å²) in [6.45, 7) is 0. The number of aldehydes is 1. The van der Waals surface area contributed by atoms with E-state index in [-0.39, 0.29) is 0 Å². The quantitative estimate of drug-likeness (QED) is 0.673. The second kappa shape index (κ2) is 4.12. The van der Waals surface area contributed by atoms with E-state index in [1.165, 1.54) is 0 Å². The molecule has 1 aromatic rings. The maximum Gasteiger partial charge on any atom is 0.137 e. The van der Waals surface area contributed by atoms with Crippen LogP contribution in [0.4, 0.5) is 0 Å². The largest absolute Gasteiger partial charge is 0.495 e. The third-order valence-electron chi connectivity index (χ3n) is 1.53. The van der Waals surface area contributed by atoms with Crippen molar-refractivity contribution in [1.82, 2.24) is 0 Å². The second-order valence-corrected chi connectivity index (χ2v) is 2.75. The highest BCUT2D eigenvalue weighted by atomic mass is 35.5. The Morgan fingerprint density at radius 2 is 2.33 bits per heavy atom. The molecule has 0 aliphatic rings. The number of rotatable bonds is 3. The SMILES string of the molecule is COc1cc(CC=O)ccc1Cl. The van der Waals surface area contributed by atoms with Crippen molar-refractivity contribution in [2.24, 2.45) is 0 Å². The van der Waals surface area contributed by atoms with Gasteiger partial charge in [0, 0.05) is 6.42 Å². The fourth-order valence-corrected chi connectivity index (χ4v) is 1.12. The van der Waals surface area contributed by atoms with Crippen molar-refractivity contribution in [2.45, 2.75) is 6.42 Å². The van der Waals surface area contributed by atoms with Gasteiger partial charge in [0.15, 0.2) is 0 Å². The first kappa shape index (κ1) is 9.07. The second-order valence-electron chi connectivity index (χ2n) is 2.34. The van der Waals surface area contributed by atoms with Gasteiger partial charge in [-0.3, -0.25) is 0 Å². The van der Waals surface area contributed by atoms with Gasteiger partial charge in [-0.25, -0.2) is 0 Å². The van der Waals surface area contributed by atoms with E-state index < -0.39 is 0 Å². The summed E-state index contributed by atoms with van der Waals surface area (Å²) in [5.74, 6) is 0.607. The maximum atomic E-state index is 10.2. The van der Waals surface area contributed by atoms with Crippen molar-refractivity contribution in [3.63, 3.8) is 0 Å². The van der Waals surface area contributed by atoms with Crippen LogP contribution >= 0.6 is 11.6 Å². The first-order chi connectivity index (χ1) is 5.77. The molecule has 0 N–H and O–H groups in total. The molecule has 0 aliphatic heterocycles. The zero-order valence-corrected chi connectivity index (χ0v) is 7.47. The van der Waals surface area contributed by atoms with Crippen LogP contribution in [0.3, 0.4) is 0 Å². The molecule has 0 bridgehead atoms. The summed E-state index contributed by atoms with van der Waals surface area (Å²) in [6.07, 6.45) is 1.25. The number of benzene rings is 1. The lowest BCUT2D eigenvalue weighted by Gasteiger charge is -2.03. The van der Waals surface area contributed by atoms with Crippen LogP contribution in [0.1, 0.15) is 5.56 Å². The molecule has 0 aromatic heterocycles. The molecule has 64 valence electrons. The summed E-state index contributed by atoms with van der Waals surface area (Å²) < 4.78 is 4.98. The van der Waals surface area contributed by atoms with Gasteiger partial charge in [0.25, 0.3) is 0 Å². The average molecular weight is 185 g/mol. The van der Waals surface area contributed by atoms with Crippen molar-refractivity contribution in [3.05, 3.63) is 28.8 Å². The highest BCUT2D eigenvalue weighted by Crippen LogP contribution is 2.24. The number of ether oxygens (including phenoxy) is 1. The van der Waals surface area contributed by atoms with Gasteiger partial charge in [-0.1, -0.05) is 17.7 Å². The van der Waals surface area contributed by atoms with Crippen LogP contribution in [0.5, 0.6) is 5.75 Å². The Morgan fingerprint density at radius 1 is 1.58 bits per heavy atom. The number of methoxy groups -OCH3 is 1. The van der Waals surface area contributed by atoms with Gasteiger partial charge in [-0.05, 0) is 17.7 Å². The number of hydrogen-bond donors (Lipinski definition) is 0. The lowest BCUT2D eigenvalue weighted by Crippen LogP contribution is -1.89. The van der Waals surface area contributed by atoms with E-state index in [1.807, 2.05) is 0 Å². The van der Waals surface area contributed by atoms with Gasteiger partial charge < -0.3 is 9.53 Å². The average Bonchev–Trinajstić information content (AvgIpc) is 2.09. The predicted octanol–water partition coefficient (Wildman–Crippen LogP) is 2.09. The van der Waals surface area contributed by atoms with Gasteiger partial charge in [-0.2, -0.15) is 0 Å². The molecule has 0 atom stereocenters. The van der Waals surface area contributed by atoms with E-state index in [2.05, 4.69) is 0 Å². The van der Waals surface area contributed by atoms with Crippen LogP contribution in [0.15, 0.2) is 18.2 Å². The van der Waals surface area contributed by atoms with E-state index in [4.69, 9.17) is 16.3 Å². The maximum absolute atomic E-state index is 10.2. The van der Waals surface area contributed by atoms with E-state index in [0.29, 0.717) is 17.2 Å². The molecule has 0 spiro atoms. The van der Waals surface area contributed by atoms with Crippen LogP contribution < -0.4 is 4.74 Å². The summed E-state index contributed by atoms with van der Waals surface area (Å²) >= 11 is 5.78. The van der Waals surface area contributed by atoms with Crippen LogP contribution in [0.25, 0.3) is 0 Å². The van der Waals surface area contributed by atoms with Crippen molar-refractivity contribution in [2.75, 3.05) is 7.11 Å². The molecule has 0 fully saturated rings. The number of carbonyl (C=O) groups is 1. The molecule has 0 saturated carbocycles. The number of carbonyl (C=O) groups excluding carboxylic acids is 1. The fourth-order valence-electron chi connectivity index (χ4n) is 0.927. The minimum atomic E-state index is 0.396. The molecule has 1 rings (SSSR count). The Morgan fingerprint density at radius 3 is 2.92 bits per heavy atom. The van der Waals surface area contributed by atoms with E-state index in [0.717, 1.165) is 11.8 Å². The molecule has 0 saturated heterocycles. The summed E-state index contributed by atoms with van der Waals surface area (Å²) in [6, 6.07) is 5.29. The van der Waals surface area contributed by atoms with E-state index in [9.17, 15) is 4.79 Å². The zero-order valence-electron chi connectivity index (χ0n) is 6.71. The summed E-state index contributed by atoms with van der Waals surface area (Å²) in [5.41, 5.74) is 0.909. The van der Waals surface area contributed by atoms with Crippen molar-refractivity contribution in [3.8, 4) is 5.75 Å². The van der Waals surface area contributed by atoms with Gasteiger partial charge >= 0.3 is 0 Å². The monoisotopic (exact) mass is 184 g/mol. The minimum Gasteiger partial charge on any atom is -0.495 e. The van der Waals surface area contributed by atoms with Gasteiger partial charge in [0.05, 0.1) is 12.1 Å². The molecular weight excluding hydrogens is 176 g/mol. The van der Waals surface area contributed by atoms with Crippen LogP contribution in [-0.2, 0) is 11.2 Å². The normalized spacial score (nSPS) is 9.50. The van der Waals surface area contributed by atoms with Gasteiger partial charge in [0.2, 0.25) is 0 Å². The molecule has 2 nitrogen and oxygen atoms in total. The Balaban J connectivity index is 2.96. The van der Waals surface area contributed by atoms with E-state index in [1.54, 1.807) is 25.3 Å². The molecule has 0 unspecified atom stereocenters. The van der Waals surface area contributed by atoms with E-state index >= 15 is 0 Å². The molecule has 0 aliphatic carbocycles. The van der Waals surface area contributed by atoms with Crippen molar-refractivity contribution in [1.29, 1.82) is 0 Å². The van der Waals surface area contributed by atoms with Crippen molar-refractivity contribution < 1.29 is 9.53 Å².